The second-order valence-electron chi connectivity index (χ2n) is 4.33. The molecule has 2 rings (SSSR count). The molecule has 7 nitrogen and oxygen atoms in total. The molecule has 0 radical (unpaired) electrons. The van der Waals surface area contributed by atoms with E-state index in [1.807, 2.05) is 32.3 Å². The van der Waals surface area contributed by atoms with E-state index in [1.165, 1.54) is 0 Å². The number of hydrogen-bond donors (Lipinski definition) is 2. The van der Waals surface area contributed by atoms with Crippen LogP contribution in [0, 0.1) is 0 Å². The van der Waals surface area contributed by atoms with Crippen molar-refractivity contribution in [3.8, 4) is 0 Å². The van der Waals surface area contributed by atoms with Gasteiger partial charge in [0.05, 0.1) is 4.90 Å². The number of nitrogens with zero attached hydrogens (tertiary/aromatic N) is 3. The van der Waals surface area contributed by atoms with Crippen LogP contribution in [0.4, 0.5) is 0 Å². The topological polar surface area (TPSA) is 107 Å². The highest BCUT2D eigenvalue weighted by Gasteiger charge is 2.15. The number of sulfonamides is 1. The minimum absolute atomic E-state index is 0.0790. The van der Waals surface area contributed by atoms with Gasteiger partial charge in [0, 0.05) is 23.4 Å². The predicted molar refractivity (Wildman–Crippen MR) is 88.1 cm³/mol. The van der Waals surface area contributed by atoms with Crippen molar-refractivity contribution >= 4 is 20.8 Å². The molecule has 0 aliphatic rings. The van der Waals surface area contributed by atoms with Gasteiger partial charge in [-0.15, -0.1) is 0 Å². The molecule has 2 N–H and O–H groups in total. The summed E-state index contributed by atoms with van der Waals surface area (Å²) in [5.41, 5.74) is 8.14. The maximum absolute atomic E-state index is 12.2. The number of benzene rings is 2. The van der Waals surface area contributed by atoms with E-state index >= 15 is 0 Å². The number of hydrogen-bond acceptors (Lipinski definition) is 4. The average molecular weight is 321 g/mol. The van der Waals surface area contributed by atoms with E-state index in [0.717, 1.165) is 5.39 Å². The largest absolute Gasteiger partial charge is 0.323 e. The molecule has 0 saturated heterocycles. The minimum atomic E-state index is -3.60. The van der Waals surface area contributed by atoms with Gasteiger partial charge in [-0.3, -0.25) is 0 Å². The molecule has 8 heteroatoms. The van der Waals surface area contributed by atoms with Crippen molar-refractivity contribution in [2.24, 2.45) is 5.11 Å². The summed E-state index contributed by atoms with van der Waals surface area (Å²) < 4.78 is 26.7. The van der Waals surface area contributed by atoms with Crippen LogP contribution in [0.5, 0.6) is 0 Å². The van der Waals surface area contributed by atoms with Crippen molar-refractivity contribution in [3.05, 3.63) is 52.9 Å². The summed E-state index contributed by atoms with van der Waals surface area (Å²) in [7, 11) is 0.149. The first kappa shape index (κ1) is 17.9. The molecule has 0 aliphatic carbocycles. The van der Waals surface area contributed by atoms with E-state index in [1.54, 1.807) is 24.3 Å². The summed E-state index contributed by atoms with van der Waals surface area (Å²) in [5, 5.41) is 7.56. The summed E-state index contributed by atoms with van der Waals surface area (Å²) in [6.07, 6.45) is 0. The zero-order valence-electron chi connectivity index (χ0n) is 12.5. The lowest BCUT2D eigenvalue weighted by Crippen LogP contribution is -2.26. The summed E-state index contributed by atoms with van der Waals surface area (Å²) in [6.45, 7) is 0.163. The Kier molecular flexibility index (Phi) is 7.34. The van der Waals surface area contributed by atoms with Crippen LogP contribution in [0.1, 0.15) is 0 Å². The molecule has 0 fully saturated rings. The second kappa shape index (κ2) is 9.01. The smallest absolute Gasteiger partial charge is 0.241 e. The Labute approximate surface area is 130 Å². The highest BCUT2D eigenvalue weighted by molar-refractivity contribution is 7.89. The molecule has 0 bridgehead atoms. The average Bonchev–Trinajstić information content (AvgIpc) is 2.52. The number of nitrogens with one attached hydrogen (secondary N) is 2. The fourth-order valence-corrected chi connectivity index (χ4v) is 3.03. The van der Waals surface area contributed by atoms with Gasteiger partial charge in [-0.05, 0) is 31.1 Å². The summed E-state index contributed by atoms with van der Waals surface area (Å²) in [4.78, 5) is 2.80. The van der Waals surface area contributed by atoms with Gasteiger partial charge in [-0.1, -0.05) is 41.5 Å². The van der Waals surface area contributed by atoms with Crippen molar-refractivity contribution in [2.75, 3.05) is 27.2 Å². The van der Waals surface area contributed by atoms with Gasteiger partial charge in [0.1, 0.15) is 0 Å². The molecule has 118 valence electrons. The fraction of sp³-hybridized carbons (Fsp3) is 0.286. The Morgan fingerprint density at radius 3 is 2.45 bits per heavy atom. The normalized spacial score (nSPS) is 10.5. The number of azide groups is 1. The minimum Gasteiger partial charge on any atom is -0.323 e. The Morgan fingerprint density at radius 1 is 1.14 bits per heavy atom. The first-order valence-corrected chi connectivity index (χ1v) is 8.12. The van der Waals surface area contributed by atoms with Gasteiger partial charge in [0.2, 0.25) is 10.0 Å². The molecule has 2 aromatic carbocycles. The van der Waals surface area contributed by atoms with Crippen LogP contribution < -0.4 is 10.0 Å². The predicted octanol–water partition coefficient (Wildman–Crippen LogP) is 2.26. The molecule has 0 saturated carbocycles. The Balaban J connectivity index is 0.000000745. The van der Waals surface area contributed by atoms with Crippen molar-refractivity contribution in [2.45, 2.75) is 4.90 Å². The van der Waals surface area contributed by atoms with Crippen LogP contribution in [0.2, 0.25) is 0 Å². The third kappa shape index (κ3) is 5.01. The molecule has 0 aromatic heterocycles. The number of fused-ring (bicyclic) bond motifs is 1. The lowest BCUT2D eigenvalue weighted by Gasteiger charge is -2.08. The van der Waals surface area contributed by atoms with E-state index in [-0.39, 0.29) is 18.0 Å². The van der Waals surface area contributed by atoms with Crippen molar-refractivity contribution in [3.63, 3.8) is 0 Å². The molecular formula is C14H19N5O2S. The number of rotatable bonds is 5. The Hall–Kier alpha value is -2.12. The summed E-state index contributed by atoms with van der Waals surface area (Å²) in [6, 6.07) is 12.4. The molecule has 0 atom stereocenters. The third-order valence-corrected chi connectivity index (χ3v) is 4.13. The van der Waals surface area contributed by atoms with Crippen molar-refractivity contribution in [1.29, 1.82) is 0 Å². The lowest BCUT2D eigenvalue weighted by molar-refractivity contribution is 0.583. The van der Waals surface area contributed by atoms with Crippen LogP contribution in [0.25, 0.3) is 21.2 Å². The van der Waals surface area contributed by atoms with Gasteiger partial charge >= 0.3 is 0 Å². The van der Waals surface area contributed by atoms with E-state index in [9.17, 15) is 8.42 Å². The van der Waals surface area contributed by atoms with Gasteiger partial charge in [0.25, 0.3) is 0 Å². The van der Waals surface area contributed by atoms with E-state index < -0.39 is 10.0 Å². The van der Waals surface area contributed by atoms with Gasteiger partial charge in [-0.2, -0.15) is 0 Å². The second-order valence-corrected chi connectivity index (χ2v) is 6.06. The zero-order valence-corrected chi connectivity index (χ0v) is 13.3. The molecule has 0 spiro atoms. The van der Waals surface area contributed by atoms with Gasteiger partial charge < -0.3 is 5.32 Å². The van der Waals surface area contributed by atoms with E-state index in [4.69, 9.17) is 5.53 Å². The van der Waals surface area contributed by atoms with Crippen LogP contribution in [-0.2, 0) is 10.0 Å². The molecule has 0 heterocycles. The van der Waals surface area contributed by atoms with Crippen LogP contribution in [0.15, 0.2) is 52.5 Å². The Morgan fingerprint density at radius 2 is 1.77 bits per heavy atom. The first-order valence-electron chi connectivity index (χ1n) is 6.63. The molecule has 22 heavy (non-hydrogen) atoms. The maximum Gasteiger partial charge on any atom is 0.241 e. The van der Waals surface area contributed by atoms with Crippen molar-refractivity contribution < 1.29 is 8.42 Å². The highest BCUT2D eigenvalue weighted by Crippen LogP contribution is 2.22. The van der Waals surface area contributed by atoms with E-state index in [0.29, 0.717) is 5.39 Å². The van der Waals surface area contributed by atoms with E-state index in [2.05, 4.69) is 20.1 Å². The first-order chi connectivity index (χ1) is 10.6. The van der Waals surface area contributed by atoms with Crippen LogP contribution in [-0.4, -0.2) is 35.6 Å². The van der Waals surface area contributed by atoms with Gasteiger partial charge in [-0.25, -0.2) is 13.1 Å². The third-order valence-electron chi connectivity index (χ3n) is 2.61. The van der Waals surface area contributed by atoms with Gasteiger partial charge in [0.15, 0.2) is 0 Å². The molecule has 0 amide bonds. The fourth-order valence-electron chi connectivity index (χ4n) is 1.78. The quantitative estimate of drug-likeness (QED) is 0.382. The van der Waals surface area contributed by atoms with Crippen LogP contribution >= 0.6 is 0 Å². The SMILES string of the molecule is CNC.[N-]=[N+]=NCCNS(=O)(=O)c1cccc2ccccc12. The monoisotopic (exact) mass is 321 g/mol. The molecule has 0 aliphatic heterocycles. The van der Waals surface area contributed by atoms with Crippen LogP contribution in [0.3, 0.4) is 0 Å². The maximum atomic E-state index is 12.2. The molecule has 2 aromatic rings. The van der Waals surface area contributed by atoms with Crippen molar-refractivity contribution in [1.82, 2.24) is 10.0 Å². The Bertz CT molecular complexity index is 749. The highest BCUT2D eigenvalue weighted by atomic mass is 32.2. The summed E-state index contributed by atoms with van der Waals surface area (Å²) in [5.74, 6) is 0. The lowest BCUT2D eigenvalue weighted by atomic mass is 10.1. The molecular weight excluding hydrogens is 302 g/mol. The zero-order chi connectivity index (χ0) is 16.4. The molecule has 0 unspecified atom stereocenters. The standard InChI is InChI=1S/C12H12N4O2S.C2H7N/c13-16-14-8-9-15-19(17,18)12-7-3-5-10-4-1-2-6-11(10)12;1-3-2/h1-7,15H,8-9H2;3H,1-2H3. The summed E-state index contributed by atoms with van der Waals surface area (Å²) >= 11 is 0.